The normalized spacial score (nSPS) is 13.2. The van der Waals surface area contributed by atoms with E-state index in [1.54, 1.807) is 0 Å². The Bertz CT molecular complexity index is 1020. The minimum Gasteiger partial charge on any atom is -0.401 e. The van der Waals surface area contributed by atoms with E-state index >= 15 is 0 Å². The number of halogens is 1. The quantitative estimate of drug-likeness (QED) is 0.118. The lowest BCUT2D eigenvalue weighted by molar-refractivity contribution is 0.219. The molecule has 0 bridgehead atoms. The Balaban J connectivity index is 1.98. The van der Waals surface area contributed by atoms with Crippen molar-refractivity contribution < 1.29 is 4.43 Å². The van der Waals surface area contributed by atoms with E-state index in [-0.39, 0.29) is 11.1 Å². The van der Waals surface area contributed by atoms with Crippen LogP contribution in [-0.2, 0) is 4.43 Å². The smallest absolute Gasteiger partial charge is 0.261 e. The molecular formula is C32H42BrNOSi. The highest BCUT2D eigenvalue weighted by molar-refractivity contribution is 9.10. The van der Waals surface area contributed by atoms with E-state index < -0.39 is 8.32 Å². The molecule has 3 aromatic rings. The fourth-order valence-electron chi connectivity index (χ4n) is 4.96. The lowest BCUT2D eigenvalue weighted by Crippen LogP contribution is -2.67. The summed E-state index contributed by atoms with van der Waals surface area (Å²) in [5.41, 5.74) is 0.948. The minimum atomic E-state index is -2.62. The molecule has 2 aromatic carbocycles. The number of hydrogen-bond donors (Lipinski definition) is 0. The maximum Gasteiger partial charge on any atom is 0.261 e. The van der Waals surface area contributed by atoms with Crippen molar-refractivity contribution in [2.24, 2.45) is 0 Å². The molecule has 1 aromatic heterocycles. The van der Waals surface area contributed by atoms with Gasteiger partial charge in [0.15, 0.2) is 0 Å². The monoisotopic (exact) mass is 563 g/mol. The Morgan fingerprint density at radius 3 is 1.94 bits per heavy atom. The number of rotatable bonds is 13. The number of nitrogens with zero attached hydrogens (tertiary/aromatic N) is 1. The Kier molecular flexibility index (Phi) is 11.2. The van der Waals surface area contributed by atoms with Crippen LogP contribution in [0.2, 0.25) is 5.04 Å². The molecule has 36 heavy (non-hydrogen) atoms. The van der Waals surface area contributed by atoms with Crippen LogP contribution < -0.4 is 10.4 Å². The second-order valence-corrected chi connectivity index (χ2v) is 15.7. The van der Waals surface area contributed by atoms with Gasteiger partial charge in [0.1, 0.15) is 4.60 Å². The van der Waals surface area contributed by atoms with Gasteiger partial charge in [-0.25, -0.2) is 4.98 Å². The van der Waals surface area contributed by atoms with Crippen LogP contribution in [0.25, 0.3) is 6.08 Å². The predicted molar refractivity (Wildman–Crippen MR) is 161 cm³/mol. The molecule has 0 fully saturated rings. The van der Waals surface area contributed by atoms with Crippen molar-refractivity contribution in [3.05, 3.63) is 95.2 Å². The predicted octanol–water partition coefficient (Wildman–Crippen LogP) is 8.55. The molecule has 1 atom stereocenters. The summed E-state index contributed by atoms with van der Waals surface area (Å²) in [7, 11) is -2.62. The first kappa shape index (κ1) is 28.6. The fraction of sp³-hybridized carbons (Fsp3) is 0.406. The molecule has 0 aliphatic rings. The molecule has 4 heteroatoms. The van der Waals surface area contributed by atoms with Crippen LogP contribution in [0.3, 0.4) is 0 Å². The molecule has 0 N–H and O–H groups in total. The SMILES string of the molecule is CCCCCCCC[C@@H](/C=C/c1cccc(Br)n1)O[Si](c1ccccc1)(c1ccccc1)C(C)(C)C. The van der Waals surface area contributed by atoms with Crippen molar-refractivity contribution in [3.63, 3.8) is 0 Å². The lowest BCUT2D eigenvalue weighted by Gasteiger charge is -2.45. The third-order valence-corrected chi connectivity index (χ3v) is 12.3. The van der Waals surface area contributed by atoms with Gasteiger partial charge in [-0.3, -0.25) is 0 Å². The molecule has 0 spiro atoms. The van der Waals surface area contributed by atoms with E-state index in [1.165, 1.54) is 48.9 Å². The van der Waals surface area contributed by atoms with Crippen molar-refractivity contribution in [2.75, 3.05) is 0 Å². The molecule has 0 unspecified atom stereocenters. The van der Waals surface area contributed by atoms with Crippen molar-refractivity contribution in [2.45, 2.75) is 83.8 Å². The zero-order valence-electron chi connectivity index (χ0n) is 22.4. The van der Waals surface area contributed by atoms with E-state index in [4.69, 9.17) is 4.43 Å². The van der Waals surface area contributed by atoms with Gasteiger partial charge < -0.3 is 4.43 Å². The van der Waals surface area contributed by atoms with Crippen LogP contribution in [0.1, 0.15) is 78.3 Å². The van der Waals surface area contributed by atoms with Crippen molar-refractivity contribution in [3.8, 4) is 0 Å². The van der Waals surface area contributed by atoms with Crippen LogP contribution in [0, 0.1) is 0 Å². The lowest BCUT2D eigenvalue weighted by atomic mass is 10.1. The molecule has 0 amide bonds. The maximum absolute atomic E-state index is 7.47. The zero-order valence-corrected chi connectivity index (χ0v) is 25.0. The Labute approximate surface area is 228 Å². The Hall–Kier alpha value is -2.01. The molecular weight excluding hydrogens is 522 g/mol. The van der Waals surface area contributed by atoms with Crippen molar-refractivity contribution in [1.29, 1.82) is 0 Å². The van der Waals surface area contributed by atoms with E-state index in [0.717, 1.165) is 16.7 Å². The van der Waals surface area contributed by atoms with E-state index in [0.29, 0.717) is 0 Å². The molecule has 0 radical (unpaired) electrons. The van der Waals surface area contributed by atoms with Crippen LogP contribution in [-0.4, -0.2) is 19.4 Å². The molecule has 0 saturated carbocycles. The third kappa shape index (κ3) is 7.74. The third-order valence-electron chi connectivity index (χ3n) is 6.81. The summed E-state index contributed by atoms with van der Waals surface area (Å²) >= 11 is 3.51. The summed E-state index contributed by atoms with van der Waals surface area (Å²) in [5, 5.41) is 2.60. The zero-order chi connectivity index (χ0) is 25.9. The topological polar surface area (TPSA) is 22.1 Å². The molecule has 2 nitrogen and oxygen atoms in total. The highest BCUT2D eigenvalue weighted by atomic mass is 79.9. The highest BCUT2D eigenvalue weighted by Crippen LogP contribution is 2.38. The van der Waals surface area contributed by atoms with E-state index in [1.807, 2.05) is 18.2 Å². The minimum absolute atomic E-state index is 0.0169. The summed E-state index contributed by atoms with van der Waals surface area (Å²) < 4.78 is 8.32. The summed E-state index contributed by atoms with van der Waals surface area (Å²) in [6.07, 6.45) is 13.1. The maximum atomic E-state index is 7.47. The number of aromatic nitrogens is 1. The van der Waals surface area contributed by atoms with Gasteiger partial charge in [0.05, 0.1) is 11.8 Å². The molecule has 1 heterocycles. The van der Waals surface area contributed by atoms with Crippen LogP contribution in [0.15, 0.2) is 89.5 Å². The first-order valence-corrected chi connectivity index (χ1v) is 16.2. The van der Waals surface area contributed by atoms with Gasteiger partial charge in [-0.05, 0) is 56.0 Å². The number of hydrogen-bond acceptors (Lipinski definition) is 2. The van der Waals surface area contributed by atoms with E-state index in [9.17, 15) is 0 Å². The van der Waals surface area contributed by atoms with Crippen LogP contribution in [0.5, 0.6) is 0 Å². The molecule has 0 aliphatic carbocycles. The largest absolute Gasteiger partial charge is 0.401 e. The highest BCUT2D eigenvalue weighted by Gasteiger charge is 2.51. The van der Waals surface area contributed by atoms with Crippen molar-refractivity contribution >= 4 is 40.7 Å². The molecule has 0 saturated heterocycles. The number of unbranched alkanes of at least 4 members (excludes halogenated alkanes) is 5. The van der Waals surface area contributed by atoms with Crippen LogP contribution in [0.4, 0.5) is 0 Å². The summed E-state index contributed by atoms with van der Waals surface area (Å²) in [6.45, 7) is 9.32. The van der Waals surface area contributed by atoms with Crippen molar-refractivity contribution in [1.82, 2.24) is 4.98 Å². The average Bonchev–Trinajstić information content (AvgIpc) is 2.87. The summed E-state index contributed by atoms with van der Waals surface area (Å²) in [6, 6.07) is 27.9. The first-order chi connectivity index (χ1) is 17.4. The summed E-state index contributed by atoms with van der Waals surface area (Å²) in [4.78, 5) is 4.62. The molecule has 0 aliphatic heterocycles. The average molecular weight is 565 g/mol. The van der Waals surface area contributed by atoms with Gasteiger partial charge in [0.2, 0.25) is 0 Å². The first-order valence-electron chi connectivity index (χ1n) is 13.5. The van der Waals surface area contributed by atoms with E-state index in [2.05, 4.69) is 121 Å². The van der Waals surface area contributed by atoms with Gasteiger partial charge in [-0.15, -0.1) is 0 Å². The standard InChI is InChI=1S/C32H42BrNOSi/c1-5-6-7-8-9-12-19-28(26-25-27-18-17-24-31(33)34-27)35-36(32(2,3)4,29-20-13-10-14-21-29)30-22-15-11-16-23-30/h10-11,13-18,20-26,28H,5-9,12,19H2,1-4H3/b26-25+/t28-/m0/s1. The number of pyridine rings is 1. The number of benzene rings is 2. The van der Waals surface area contributed by atoms with Gasteiger partial charge >= 0.3 is 0 Å². The van der Waals surface area contributed by atoms with Crippen LogP contribution >= 0.6 is 15.9 Å². The Morgan fingerprint density at radius 1 is 0.806 bits per heavy atom. The summed E-state index contributed by atoms with van der Waals surface area (Å²) in [5.74, 6) is 0. The molecule has 3 rings (SSSR count). The second-order valence-electron chi connectivity index (χ2n) is 10.6. The van der Waals surface area contributed by atoms with Gasteiger partial charge in [0.25, 0.3) is 8.32 Å². The molecule has 192 valence electrons. The van der Waals surface area contributed by atoms with Gasteiger partial charge in [0, 0.05) is 0 Å². The fourth-order valence-corrected chi connectivity index (χ4v) is 9.98. The van der Waals surface area contributed by atoms with Gasteiger partial charge in [-0.2, -0.15) is 0 Å². The van der Waals surface area contributed by atoms with Gasteiger partial charge in [-0.1, -0.05) is 139 Å². The Morgan fingerprint density at radius 2 is 1.39 bits per heavy atom. The second kappa shape index (κ2) is 14.1.